The molecule has 1 N–H and O–H groups in total. The molecule has 1 aromatic carbocycles. The van der Waals surface area contributed by atoms with Crippen molar-refractivity contribution in [1.29, 1.82) is 0 Å². The Kier molecular flexibility index (Phi) is 8.35. The predicted octanol–water partition coefficient (Wildman–Crippen LogP) is 3.55. The van der Waals surface area contributed by atoms with E-state index in [2.05, 4.69) is 21.7 Å². The van der Waals surface area contributed by atoms with Gasteiger partial charge in [0.25, 0.3) is 5.91 Å². The number of hydrogen-bond acceptors (Lipinski definition) is 10. The lowest BCUT2D eigenvalue weighted by Crippen LogP contribution is -2.46. The molecule has 6 rings (SSSR count). The molecule has 2 aliphatic heterocycles. The molecule has 5 heterocycles. The lowest BCUT2D eigenvalue weighted by molar-refractivity contribution is 0.0712. The number of carbonyl (C=O) groups is 1. The zero-order chi connectivity index (χ0) is 29.9. The summed E-state index contributed by atoms with van der Waals surface area (Å²) in [6, 6.07) is 13.6. The normalized spacial score (nSPS) is 17.7. The molecule has 11 nitrogen and oxygen atoms in total. The lowest BCUT2D eigenvalue weighted by atomic mass is 10.0. The van der Waals surface area contributed by atoms with Crippen molar-refractivity contribution < 1.29 is 19.4 Å². The number of rotatable bonds is 7. The number of nitrogens with zero attached hydrogens (tertiary/aromatic N) is 7. The zero-order valence-electron chi connectivity index (χ0n) is 24.8. The molecule has 224 valence electrons. The molecule has 1 amide bonds. The summed E-state index contributed by atoms with van der Waals surface area (Å²) in [5.41, 5.74) is 3.53. The van der Waals surface area contributed by atoms with Gasteiger partial charge in [0.2, 0.25) is 5.95 Å². The van der Waals surface area contributed by atoms with Gasteiger partial charge in [-0.3, -0.25) is 9.78 Å². The van der Waals surface area contributed by atoms with Crippen LogP contribution in [-0.4, -0.2) is 94.9 Å². The number of aliphatic hydroxyl groups is 1. The molecule has 0 spiro atoms. The summed E-state index contributed by atoms with van der Waals surface area (Å²) < 4.78 is 11.1. The van der Waals surface area contributed by atoms with E-state index in [0.717, 1.165) is 41.8 Å². The molecule has 4 aromatic rings. The summed E-state index contributed by atoms with van der Waals surface area (Å²) in [4.78, 5) is 38.5. The van der Waals surface area contributed by atoms with Crippen LogP contribution in [0.25, 0.3) is 22.3 Å². The zero-order valence-corrected chi connectivity index (χ0v) is 24.8. The van der Waals surface area contributed by atoms with E-state index >= 15 is 0 Å². The smallest absolute Gasteiger partial charge is 0.255 e. The maximum atomic E-state index is 13.0. The Bertz CT molecular complexity index is 1590. The Labute approximate surface area is 251 Å². The number of methoxy groups -OCH3 is 1. The van der Waals surface area contributed by atoms with Crippen LogP contribution in [0.3, 0.4) is 0 Å². The molecule has 1 atom stereocenters. The van der Waals surface area contributed by atoms with Crippen LogP contribution in [0.4, 0.5) is 11.8 Å². The third-order valence-electron chi connectivity index (χ3n) is 8.44. The fourth-order valence-corrected chi connectivity index (χ4v) is 5.91. The molecule has 11 heteroatoms. The molecular weight excluding hydrogens is 546 g/mol. The first-order valence-electron chi connectivity index (χ1n) is 14.7. The van der Waals surface area contributed by atoms with Crippen LogP contribution in [0.1, 0.15) is 35.7 Å². The molecule has 2 fully saturated rings. The van der Waals surface area contributed by atoms with Gasteiger partial charge in [-0.25, -0.2) is 4.98 Å². The number of morpholine rings is 1. The van der Waals surface area contributed by atoms with E-state index in [4.69, 9.17) is 24.4 Å². The standard InChI is InChI=1S/C32H37N7O4/c1-21-20-43-16-15-39(21)30-26-7-8-27(22-6-9-28(42-3)24(17-22)19-40)34-29(26)35-32(36-30)37(2)25-10-13-38(14-11-25)31(41)23-5-4-12-33-18-23/h4-9,12,17-18,21,25,40H,10-11,13-16,19-20H2,1-3H3/t21-/m0/s1. The minimum atomic E-state index is -0.132. The summed E-state index contributed by atoms with van der Waals surface area (Å²) in [7, 11) is 3.62. The van der Waals surface area contributed by atoms with Crippen molar-refractivity contribution in [3.63, 3.8) is 0 Å². The minimum absolute atomic E-state index is 0.0133. The van der Waals surface area contributed by atoms with E-state index in [0.29, 0.717) is 54.8 Å². The number of ether oxygens (including phenoxy) is 2. The number of carbonyl (C=O) groups excluding carboxylic acids is 1. The molecule has 3 aromatic heterocycles. The van der Waals surface area contributed by atoms with Crippen LogP contribution < -0.4 is 14.5 Å². The van der Waals surface area contributed by atoms with Gasteiger partial charge < -0.3 is 29.3 Å². The summed E-state index contributed by atoms with van der Waals surface area (Å²) in [6.07, 6.45) is 4.90. The van der Waals surface area contributed by atoms with E-state index in [1.807, 2.05) is 48.3 Å². The molecule has 43 heavy (non-hydrogen) atoms. The van der Waals surface area contributed by atoms with Gasteiger partial charge in [-0.1, -0.05) is 0 Å². The number of anilines is 2. The number of likely N-dealkylation sites (tertiary alicyclic amines) is 1. The van der Waals surface area contributed by atoms with Crippen molar-refractivity contribution in [3.05, 3.63) is 66.0 Å². The highest BCUT2D eigenvalue weighted by atomic mass is 16.5. The second kappa shape index (κ2) is 12.5. The van der Waals surface area contributed by atoms with Gasteiger partial charge in [-0.2, -0.15) is 9.97 Å². The Balaban J connectivity index is 1.32. The average Bonchev–Trinajstić information content (AvgIpc) is 3.07. The van der Waals surface area contributed by atoms with Gasteiger partial charge in [-0.15, -0.1) is 0 Å². The van der Waals surface area contributed by atoms with Crippen molar-refractivity contribution >= 4 is 28.7 Å². The highest BCUT2D eigenvalue weighted by Crippen LogP contribution is 2.32. The van der Waals surface area contributed by atoms with Crippen molar-refractivity contribution in [3.8, 4) is 17.0 Å². The van der Waals surface area contributed by atoms with Crippen molar-refractivity contribution in [2.45, 2.75) is 38.5 Å². The third-order valence-corrected chi connectivity index (χ3v) is 8.44. The molecule has 0 unspecified atom stereocenters. The summed E-state index contributed by atoms with van der Waals surface area (Å²) in [5, 5.41) is 10.7. The lowest BCUT2D eigenvalue weighted by Gasteiger charge is -2.38. The van der Waals surface area contributed by atoms with Crippen molar-refractivity contribution in [1.82, 2.24) is 24.8 Å². The summed E-state index contributed by atoms with van der Waals surface area (Å²) >= 11 is 0. The molecule has 0 radical (unpaired) electrons. The topological polar surface area (TPSA) is 117 Å². The first-order valence-corrected chi connectivity index (χ1v) is 14.7. The second-order valence-electron chi connectivity index (χ2n) is 11.1. The fourth-order valence-electron chi connectivity index (χ4n) is 5.91. The van der Waals surface area contributed by atoms with E-state index in [-0.39, 0.29) is 24.6 Å². The Morgan fingerprint density at radius 2 is 1.95 bits per heavy atom. The maximum absolute atomic E-state index is 13.0. The minimum Gasteiger partial charge on any atom is -0.496 e. The second-order valence-corrected chi connectivity index (χ2v) is 11.1. The first kappa shape index (κ1) is 28.8. The van der Waals surface area contributed by atoms with Gasteiger partial charge in [0.1, 0.15) is 11.6 Å². The Hall–Kier alpha value is -4.35. The fraction of sp³-hybridized carbons (Fsp3) is 0.406. The maximum Gasteiger partial charge on any atom is 0.255 e. The van der Waals surface area contributed by atoms with E-state index < -0.39 is 0 Å². The van der Waals surface area contributed by atoms with Crippen LogP contribution in [-0.2, 0) is 11.3 Å². The van der Waals surface area contributed by atoms with Gasteiger partial charge in [0.05, 0.1) is 49.6 Å². The number of benzene rings is 1. The van der Waals surface area contributed by atoms with E-state index in [9.17, 15) is 9.90 Å². The number of aromatic nitrogens is 4. The van der Waals surface area contributed by atoms with Gasteiger partial charge in [0, 0.05) is 56.2 Å². The first-order chi connectivity index (χ1) is 21.0. The third kappa shape index (κ3) is 5.82. The summed E-state index contributed by atoms with van der Waals surface area (Å²) in [5.74, 6) is 2.10. The molecular formula is C32H37N7O4. The van der Waals surface area contributed by atoms with Crippen LogP contribution in [0.15, 0.2) is 54.9 Å². The monoisotopic (exact) mass is 583 g/mol. The quantitative estimate of drug-likeness (QED) is 0.346. The van der Waals surface area contributed by atoms with Gasteiger partial charge >= 0.3 is 0 Å². The Morgan fingerprint density at radius 3 is 2.67 bits per heavy atom. The summed E-state index contributed by atoms with van der Waals surface area (Å²) in [6.45, 7) is 5.29. The molecule has 2 saturated heterocycles. The number of piperidine rings is 1. The van der Waals surface area contributed by atoms with Gasteiger partial charge in [0.15, 0.2) is 5.65 Å². The van der Waals surface area contributed by atoms with Crippen LogP contribution in [0.2, 0.25) is 0 Å². The predicted molar refractivity (Wildman–Crippen MR) is 164 cm³/mol. The molecule has 0 saturated carbocycles. The number of amides is 1. The largest absolute Gasteiger partial charge is 0.496 e. The van der Waals surface area contributed by atoms with Gasteiger partial charge in [-0.05, 0) is 62.2 Å². The number of pyridine rings is 2. The highest BCUT2D eigenvalue weighted by Gasteiger charge is 2.29. The van der Waals surface area contributed by atoms with Crippen LogP contribution in [0.5, 0.6) is 5.75 Å². The number of hydrogen-bond donors (Lipinski definition) is 1. The van der Waals surface area contributed by atoms with E-state index in [1.165, 1.54) is 0 Å². The van der Waals surface area contributed by atoms with Crippen LogP contribution >= 0.6 is 0 Å². The van der Waals surface area contributed by atoms with Crippen LogP contribution in [0, 0.1) is 0 Å². The average molecular weight is 584 g/mol. The van der Waals surface area contributed by atoms with Crippen molar-refractivity contribution in [2.24, 2.45) is 0 Å². The Morgan fingerprint density at radius 1 is 1.12 bits per heavy atom. The number of fused-ring (bicyclic) bond motifs is 1. The van der Waals surface area contributed by atoms with Crippen molar-refractivity contribution in [2.75, 3.05) is 56.8 Å². The molecule has 0 aliphatic carbocycles. The number of aliphatic hydroxyl groups excluding tert-OH is 1. The van der Waals surface area contributed by atoms with E-state index in [1.54, 1.807) is 25.6 Å². The molecule has 0 bridgehead atoms. The highest BCUT2D eigenvalue weighted by molar-refractivity contribution is 5.94. The molecule has 2 aliphatic rings. The SMILES string of the molecule is COc1ccc(-c2ccc3c(N4CCOC[C@@H]4C)nc(N(C)C4CCN(C(=O)c5cccnc5)CC4)nc3n2)cc1CO.